The van der Waals surface area contributed by atoms with Gasteiger partial charge < -0.3 is 0 Å². The molecule has 0 aromatic heterocycles. The lowest BCUT2D eigenvalue weighted by atomic mass is 9.75. The Labute approximate surface area is 116 Å². The van der Waals surface area contributed by atoms with Crippen molar-refractivity contribution in [2.75, 3.05) is 0 Å². The van der Waals surface area contributed by atoms with E-state index < -0.39 is 0 Å². The summed E-state index contributed by atoms with van der Waals surface area (Å²) in [6.45, 7) is 8.45. The Kier molecular flexibility index (Phi) is 2.97. The Hall–Kier alpha value is -1.56. The van der Waals surface area contributed by atoms with Gasteiger partial charge in [-0.05, 0) is 49.0 Å². The predicted octanol–water partition coefficient (Wildman–Crippen LogP) is 5.42. The highest BCUT2D eigenvalue weighted by atomic mass is 14.5. The molecule has 0 aliphatic heterocycles. The monoisotopic (exact) mass is 250 g/mol. The van der Waals surface area contributed by atoms with Crippen LogP contribution in [0.25, 0.3) is 5.57 Å². The molecule has 0 radical (unpaired) electrons. The van der Waals surface area contributed by atoms with Crippen molar-refractivity contribution in [3.63, 3.8) is 0 Å². The van der Waals surface area contributed by atoms with Crippen LogP contribution in [0.2, 0.25) is 0 Å². The van der Waals surface area contributed by atoms with E-state index in [9.17, 15) is 0 Å². The van der Waals surface area contributed by atoms with Gasteiger partial charge in [0.1, 0.15) is 0 Å². The van der Waals surface area contributed by atoms with E-state index in [1.165, 1.54) is 53.5 Å². The number of rotatable bonds is 2. The van der Waals surface area contributed by atoms with Gasteiger partial charge in [-0.1, -0.05) is 61.4 Å². The van der Waals surface area contributed by atoms with Crippen LogP contribution in [0.5, 0.6) is 0 Å². The molecule has 98 valence electrons. The van der Waals surface area contributed by atoms with Crippen LogP contribution in [-0.4, -0.2) is 0 Å². The molecule has 3 rings (SSSR count). The molecule has 19 heavy (non-hydrogen) atoms. The van der Waals surface area contributed by atoms with Gasteiger partial charge in [0.15, 0.2) is 0 Å². The minimum absolute atomic E-state index is 0.275. The zero-order chi connectivity index (χ0) is 13.5. The highest BCUT2D eigenvalue weighted by molar-refractivity contribution is 5.88. The Morgan fingerprint density at radius 1 is 1.16 bits per heavy atom. The Morgan fingerprint density at radius 2 is 1.84 bits per heavy atom. The van der Waals surface area contributed by atoms with Gasteiger partial charge in [-0.25, -0.2) is 0 Å². The average molecular weight is 250 g/mol. The summed E-state index contributed by atoms with van der Waals surface area (Å²) in [5, 5.41) is 0. The van der Waals surface area contributed by atoms with Crippen molar-refractivity contribution >= 4 is 5.57 Å². The second-order valence-corrected chi connectivity index (χ2v) is 6.09. The van der Waals surface area contributed by atoms with Crippen molar-refractivity contribution in [2.24, 2.45) is 0 Å². The Bertz CT molecular complexity index is 574. The lowest BCUT2D eigenvalue weighted by Crippen LogP contribution is -2.21. The van der Waals surface area contributed by atoms with Crippen LogP contribution in [-0.2, 0) is 5.41 Å². The summed E-state index contributed by atoms with van der Waals surface area (Å²) in [7, 11) is 0. The quantitative estimate of drug-likeness (QED) is 0.657. The minimum Gasteiger partial charge on any atom is -0.0984 e. The van der Waals surface area contributed by atoms with E-state index in [2.05, 4.69) is 56.8 Å². The van der Waals surface area contributed by atoms with Gasteiger partial charge in [-0.2, -0.15) is 0 Å². The van der Waals surface area contributed by atoms with E-state index in [0.717, 1.165) is 0 Å². The van der Waals surface area contributed by atoms with Crippen molar-refractivity contribution in [1.29, 1.82) is 0 Å². The topological polar surface area (TPSA) is 0 Å². The maximum Gasteiger partial charge on any atom is 0.0215 e. The van der Waals surface area contributed by atoms with Crippen molar-refractivity contribution < 1.29 is 0 Å². The number of hydrogen-bond donors (Lipinski definition) is 0. The van der Waals surface area contributed by atoms with E-state index in [-0.39, 0.29) is 5.41 Å². The van der Waals surface area contributed by atoms with Crippen molar-refractivity contribution in [3.8, 4) is 0 Å². The SMILES string of the molecule is C=CC1=C(C=C(C)C)C2(CCCC2)c2ccccc21. The third-order valence-electron chi connectivity index (χ3n) is 4.63. The highest BCUT2D eigenvalue weighted by Crippen LogP contribution is 2.55. The second-order valence-electron chi connectivity index (χ2n) is 6.09. The van der Waals surface area contributed by atoms with Gasteiger partial charge >= 0.3 is 0 Å². The van der Waals surface area contributed by atoms with Crippen molar-refractivity contribution in [1.82, 2.24) is 0 Å². The first-order chi connectivity index (χ1) is 9.19. The number of fused-ring (bicyclic) bond motifs is 2. The predicted molar refractivity (Wildman–Crippen MR) is 83.1 cm³/mol. The van der Waals surface area contributed by atoms with E-state index in [1.54, 1.807) is 0 Å². The van der Waals surface area contributed by atoms with Gasteiger partial charge in [-0.15, -0.1) is 0 Å². The molecule has 1 saturated carbocycles. The van der Waals surface area contributed by atoms with Crippen molar-refractivity contribution in [2.45, 2.75) is 44.9 Å². The van der Waals surface area contributed by atoms with E-state index >= 15 is 0 Å². The summed E-state index contributed by atoms with van der Waals surface area (Å²) in [4.78, 5) is 0. The van der Waals surface area contributed by atoms with Gasteiger partial charge in [-0.3, -0.25) is 0 Å². The first-order valence-corrected chi connectivity index (χ1v) is 7.31. The molecule has 0 amide bonds. The highest BCUT2D eigenvalue weighted by Gasteiger charge is 2.44. The van der Waals surface area contributed by atoms with Gasteiger partial charge in [0.25, 0.3) is 0 Å². The number of benzene rings is 1. The molecule has 1 spiro atoms. The third-order valence-corrected chi connectivity index (χ3v) is 4.63. The zero-order valence-corrected chi connectivity index (χ0v) is 12.0. The molecule has 0 heterocycles. The largest absolute Gasteiger partial charge is 0.0984 e. The molecule has 0 nitrogen and oxygen atoms in total. The smallest absolute Gasteiger partial charge is 0.0215 e. The van der Waals surface area contributed by atoms with Crippen LogP contribution in [0.3, 0.4) is 0 Å². The lowest BCUT2D eigenvalue weighted by Gasteiger charge is -2.28. The summed E-state index contributed by atoms with van der Waals surface area (Å²) in [5.74, 6) is 0. The van der Waals surface area contributed by atoms with Crippen LogP contribution >= 0.6 is 0 Å². The van der Waals surface area contributed by atoms with Crippen LogP contribution in [0.1, 0.15) is 50.7 Å². The Balaban J connectivity index is 2.29. The summed E-state index contributed by atoms with van der Waals surface area (Å²) in [6.07, 6.45) is 9.72. The molecule has 1 aromatic rings. The third kappa shape index (κ3) is 1.74. The molecular formula is C19H22. The maximum atomic E-state index is 4.07. The van der Waals surface area contributed by atoms with E-state index in [1.807, 2.05) is 0 Å². The zero-order valence-electron chi connectivity index (χ0n) is 12.0. The molecule has 2 aliphatic carbocycles. The minimum atomic E-state index is 0.275. The standard InChI is InChI=1S/C19H22/c1-4-15-16-9-5-6-10-17(16)19(11-7-8-12-19)18(15)13-14(2)3/h4-6,9-10,13H,1,7-8,11-12H2,2-3H3. The van der Waals surface area contributed by atoms with Crippen LogP contribution in [0.4, 0.5) is 0 Å². The molecule has 0 saturated heterocycles. The van der Waals surface area contributed by atoms with Gasteiger partial charge in [0.2, 0.25) is 0 Å². The molecule has 0 bridgehead atoms. The fraction of sp³-hybridized carbons (Fsp3) is 0.368. The second kappa shape index (κ2) is 4.52. The molecule has 0 atom stereocenters. The number of hydrogen-bond acceptors (Lipinski definition) is 0. The summed E-state index contributed by atoms with van der Waals surface area (Å²) in [6, 6.07) is 8.93. The van der Waals surface area contributed by atoms with Gasteiger partial charge in [0.05, 0.1) is 0 Å². The molecule has 0 N–H and O–H groups in total. The van der Waals surface area contributed by atoms with E-state index in [4.69, 9.17) is 0 Å². The summed E-state index contributed by atoms with van der Waals surface area (Å²) >= 11 is 0. The molecule has 2 aliphatic rings. The van der Waals surface area contributed by atoms with Crippen molar-refractivity contribution in [3.05, 3.63) is 65.3 Å². The molecular weight excluding hydrogens is 228 g/mol. The first kappa shape index (κ1) is 12.5. The average Bonchev–Trinajstić information content (AvgIpc) is 2.97. The fourth-order valence-corrected chi connectivity index (χ4v) is 3.92. The molecule has 0 unspecified atom stereocenters. The first-order valence-electron chi connectivity index (χ1n) is 7.31. The van der Waals surface area contributed by atoms with Gasteiger partial charge in [0, 0.05) is 5.41 Å². The fourth-order valence-electron chi connectivity index (χ4n) is 3.92. The molecule has 1 aromatic carbocycles. The normalized spacial score (nSPS) is 19.7. The Morgan fingerprint density at radius 3 is 2.47 bits per heavy atom. The van der Waals surface area contributed by atoms with Crippen LogP contribution in [0, 0.1) is 0 Å². The summed E-state index contributed by atoms with van der Waals surface area (Å²) < 4.78 is 0. The van der Waals surface area contributed by atoms with Crippen LogP contribution in [0.15, 0.2) is 54.1 Å². The maximum absolute atomic E-state index is 4.07. The number of allylic oxidation sites excluding steroid dienone is 5. The van der Waals surface area contributed by atoms with E-state index in [0.29, 0.717) is 0 Å². The molecule has 0 heteroatoms. The summed E-state index contributed by atoms with van der Waals surface area (Å²) in [5.41, 5.74) is 7.48. The molecule has 1 fully saturated rings. The lowest BCUT2D eigenvalue weighted by molar-refractivity contribution is 0.544. The van der Waals surface area contributed by atoms with Crippen LogP contribution < -0.4 is 0 Å².